The Labute approximate surface area is 138 Å². The molecule has 0 atom stereocenters. The average Bonchev–Trinajstić information content (AvgIpc) is 2.96. The normalized spacial score (nSPS) is 10.9. The summed E-state index contributed by atoms with van der Waals surface area (Å²) in [5, 5.41) is 0. The lowest BCUT2D eigenvalue weighted by molar-refractivity contribution is 0.354. The van der Waals surface area contributed by atoms with Crippen molar-refractivity contribution in [2.45, 2.75) is 17.0 Å². The van der Waals surface area contributed by atoms with Crippen LogP contribution >= 0.6 is 23.1 Å². The first kappa shape index (κ1) is 15.2. The van der Waals surface area contributed by atoms with Crippen molar-refractivity contribution in [1.29, 1.82) is 0 Å². The third-order valence-electron chi connectivity index (χ3n) is 3.47. The van der Waals surface area contributed by atoms with E-state index in [4.69, 9.17) is 9.47 Å². The van der Waals surface area contributed by atoms with Gasteiger partial charge in [-0.2, -0.15) is 0 Å². The van der Waals surface area contributed by atoms with E-state index in [-0.39, 0.29) is 0 Å². The lowest BCUT2D eigenvalue weighted by Crippen LogP contribution is -1.95. The highest BCUT2D eigenvalue weighted by Gasteiger charge is 2.10. The highest BCUT2D eigenvalue weighted by molar-refractivity contribution is 8.00. The lowest BCUT2D eigenvalue weighted by atomic mass is 10.1. The molecule has 0 saturated heterocycles. The maximum atomic E-state index is 5.38. The third kappa shape index (κ3) is 3.05. The van der Waals surface area contributed by atoms with Gasteiger partial charge in [0.25, 0.3) is 0 Å². The fourth-order valence-electron chi connectivity index (χ4n) is 2.23. The Kier molecular flexibility index (Phi) is 4.55. The van der Waals surface area contributed by atoms with Crippen LogP contribution in [0, 0.1) is 6.92 Å². The van der Waals surface area contributed by atoms with Gasteiger partial charge in [0.2, 0.25) is 0 Å². The number of aromatic nitrogens is 1. The van der Waals surface area contributed by atoms with Gasteiger partial charge in [0.05, 0.1) is 24.4 Å². The maximum Gasteiger partial charge on any atom is 0.161 e. The Morgan fingerprint density at radius 1 is 1.09 bits per heavy atom. The Morgan fingerprint density at radius 2 is 1.82 bits per heavy atom. The average molecular weight is 331 g/mol. The zero-order valence-corrected chi connectivity index (χ0v) is 14.4. The number of fused-ring (bicyclic) bond motifs is 1. The number of para-hydroxylation sites is 1. The van der Waals surface area contributed by atoms with E-state index >= 15 is 0 Å². The Bertz CT molecular complexity index is 765. The molecule has 0 spiro atoms. The van der Waals surface area contributed by atoms with Crippen molar-refractivity contribution in [3.63, 3.8) is 0 Å². The molecular formula is C17H17NO2S2. The highest BCUT2D eigenvalue weighted by atomic mass is 32.2. The van der Waals surface area contributed by atoms with Crippen molar-refractivity contribution in [1.82, 2.24) is 4.98 Å². The molecule has 5 heteroatoms. The molecular weight excluding hydrogens is 314 g/mol. The van der Waals surface area contributed by atoms with E-state index < -0.39 is 0 Å². The molecule has 0 aliphatic carbocycles. The van der Waals surface area contributed by atoms with E-state index in [0.29, 0.717) is 0 Å². The predicted molar refractivity (Wildman–Crippen MR) is 93.5 cm³/mol. The van der Waals surface area contributed by atoms with E-state index in [1.165, 1.54) is 15.8 Å². The molecule has 22 heavy (non-hydrogen) atoms. The summed E-state index contributed by atoms with van der Waals surface area (Å²) in [4.78, 5) is 4.66. The summed E-state index contributed by atoms with van der Waals surface area (Å²) in [7, 11) is 3.32. The number of methoxy groups -OCH3 is 2. The van der Waals surface area contributed by atoms with Crippen molar-refractivity contribution in [2.24, 2.45) is 0 Å². The van der Waals surface area contributed by atoms with Crippen molar-refractivity contribution in [3.05, 3.63) is 47.5 Å². The van der Waals surface area contributed by atoms with Crippen LogP contribution in [0.3, 0.4) is 0 Å². The van der Waals surface area contributed by atoms with E-state index in [1.807, 2.05) is 18.2 Å². The quantitative estimate of drug-likeness (QED) is 0.621. The van der Waals surface area contributed by atoms with Gasteiger partial charge in [0.15, 0.2) is 15.8 Å². The van der Waals surface area contributed by atoms with E-state index in [0.717, 1.165) is 27.1 Å². The summed E-state index contributed by atoms with van der Waals surface area (Å²) in [6, 6.07) is 12.3. The number of ether oxygens (including phenoxy) is 2. The van der Waals surface area contributed by atoms with Gasteiger partial charge in [0.1, 0.15) is 0 Å². The molecule has 0 unspecified atom stereocenters. The number of aryl methyl sites for hydroxylation is 1. The Balaban J connectivity index is 1.81. The van der Waals surface area contributed by atoms with Crippen LogP contribution in [0.2, 0.25) is 0 Å². The van der Waals surface area contributed by atoms with E-state index in [9.17, 15) is 0 Å². The summed E-state index contributed by atoms with van der Waals surface area (Å²) in [5.41, 5.74) is 3.51. The van der Waals surface area contributed by atoms with Crippen molar-refractivity contribution >= 4 is 33.3 Å². The molecule has 0 N–H and O–H groups in total. The van der Waals surface area contributed by atoms with Gasteiger partial charge < -0.3 is 9.47 Å². The van der Waals surface area contributed by atoms with Gasteiger partial charge in [-0.25, -0.2) is 4.98 Å². The minimum absolute atomic E-state index is 0.771. The number of nitrogens with zero attached hydrogens (tertiary/aromatic N) is 1. The number of hydrogen-bond donors (Lipinski definition) is 0. The maximum absolute atomic E-state index is 5.38. The zero-order chi connectivity index (χ0) is 15.5. The summed E-state index contributed by atoms with van der Waals surface area (Å²) < 4.78 is 13.0. The SMILES string of the molecule is COc1cc(C)c(CSc2nc3ccccc3s2)cc1OC. The molecule has 3 rings (SSSR count). The lowest BCUT2D eigenvalue weighted by Gasteiger charge is -2.12. The van der Waals surface area contributed by atoms with Crippen LogP contribution in [-0.2, 0) is 5.75 Å². The molecule has 2 aromatic carbocycles. The first-order valence-corrected chi connectivity index (χ1v) is 8.71. The largest absolute Gasteiger partial charge is 0.493 e. The van der Waals surface area contributed by atoms with E-state index in [1.54, 1.807) is 37.3 Å². The summed E-state index contributed by atoms with van der Waals surface area (Å²) >= 11 is 3.49. The van der Waals surface area contributed by atoms with Crippen molar-refractivity contribution in [2.75, 3.05) is 14.2 Å². The van der Waals surface area contributed by atoms with Gasteiger partial charge in [-0.15, -0.1) is 11.3 Å². The number of hydrogen-bond acceptors (Lipinski definition) is 5. The molecule has 0 aliphatic rings. The minimum atomic E-state index is 0.771. The smallest absolute Gasteiger partial charge is 0.161 e. The predicted octanol–water partition coefficient (Wildman–Crippen LogP) is 4.91. The van der Waals surface area contributed by atoms with Gasteiger partial charge in [-0.1, -0.05) is 23.9 Å². The Hall–Kier alpha value is -1.72. The van der Waals surface area contributed by atoms with Crippen LogP contribution < -0.4 is 9.47 Å². The van der Waals surface area contributed by atoms with Crippen LogP contribution in [0.4, 0.5) is 0 Å². The summed E-state index contributed by atoms with van der Waals surface area (Å²) in [5.74, 6) is 2.41. The topological polar surface area (TPSA) is 31.4 Å². The second kappa shape index (κ2) is 6.58. The van der Waals surface area contributed by atoms with Crippen LogP contribution in [0.1, 0.15) is 11.1 Å². The molecule has 0 saturated carbocycles. The second-order valence-corrected chi connectivity index (χ2v) is 7.12. The summed E-state index contributed by atoms with van der Waals surface area (Å²) in [6.07, 6.45) is 0. The molecule has 0 amide bonds. The first-order valence-electron chi connectivity index (χ1n) is 6.91. The third-order valence-corrected chi connectivity index (χ3v) is 5.70. The fraction of sp³-hybridized carbons (Fsp3) is 0.235. The standard InChI is InChI=1S/C17H17NO2S2/c1-11-8-14(19-2)15(20-3)9-12(11)10-21-17-18-13-6-4-5-7-16(13)22-17/h4-9H,10H2,1-3H3. The second-order valence-electron chi connectivity index (χ2n) is 4.87. The van der Waals surface area contributed by atoms with Crippen LogP contribution in [0.5, 0.6) is 11.5 Å². The number of thioether (sulfide) groups is 1. The first-order chi connectivity index (χ1) is 10.7. The minimum Gasteiger partial charge on any atom is -0.493 e. The van der Waals surface area contributed by atoms with Gasteiger partial charge >= 0.3 is 0 Å². The van der Waals surface area contributed by atoms with Gasteiger partial charge in [-0.05, 0) is 42.3 Å². The molecule has 1 aromatic heterocycles. The summed E-state index contributed by atoms with van der Waals surface area (Å²) in [6.45, 7) is 2.09. The van der Waals surface area contributed by atoms with Gasteiger partial charge in [0, 0.05) is 5.75 Å². The monoisotopic (exact) mass is 331 g/mol. The fourth-order valence-corrected chi connectivity index (χ4v) is 4.36. The molecule has 114 valence electrons. The Morgan fingerprint density at radius 3 is 2.55 bits per heavy atom. The van der Waals surface area contributed by atoms with Crippen LogP contribution in [-0.4, -0.2) is 19.2 Å². The molecule has 0 fully saturated rings. The number of benzene rings is 2. The molecule has 0 bridgehead atoms. The number of thiazole rings is 1. The van der Waals surface area contributed by atoms with Crippen LogP contribution in [0.25, 0.3) is 10.2 Å². The van der Waals surface area contributed by atoms with E-state index in [2.05, 4.69) is 30.1 Å². The molecule has 3 nitrogen and oxygen atoms in total. The molecule has 1 heterocycles. The molecule has 0 aliphatic heterocycles. The zero-order valence-electron chi connectivity index (χ0n) is 12.8. The molecule has 3 aromatic rings. The van der Waals surface area contributed by atoms with Crippen molar-refractivity contribution < 1.29 is 9.47 Å². The van der Waals surface area contributed by atoms with Crippen molar-refractivity contribution in [3.8, 4) is 11.5 Å². The van der Waals surface area contributed by atoms with Gasteiger partial charge in [-0.3, -0.25) is 0 Å². The molecule has 0 radical (unpaired) electrons. The number of rotatable bonds is 5. The van der Waals surface area contributed by atoms with Crippen LogP contribution in [0.15, 0.2) is 40.7 Å². The highest BCUT2D eigenvalue weighted by Crippen LogP contribution is 2.35.